The number of benzene rings is 1. The molecule has 0 radical (unpaired) electrons. The summed E-state index contributed by atoms with van der Waals surface area (Å²) in [6, 6.07) is 3.85. The molecule has 2 aliphatic rings. The number of ether oxygens (including phenoxy) is 4. The molecular formula is C23H24F2N4O5. The van der Waals surface area contributed by atoms with Crippen LogP contribution in [0.1, 0.15) is 12.5 Å². The average Bonchev–Trinajstić information content (AvgIpc) is 3.23. The normalized spacial score (nSPS) is 21.5. The van der Waals surface area contributed by atoms with Crippen molar-refractivity contribution in [1.82, 2.24) is 9.97 Å². The number of aromatic nitrogens is 2. The zero-order chi connectivity index (χ0) is 23.9. The average molecular weight is 474 g/mol. The number of pyridine rings is 1. The number of hydrogen-bond acceptors (Lipinski definition) is 8. The fourth-order valence-electron chi connectivity index (χ4n) is 3.87. The van der Waals surface area contributed by atoms with Crippen molar-refractivity contribution < 1.29 is 32.8 Å². The lowest BCUT2D eigenvalue weighted by molar-refractivity contribution is -0.201. The minimum Gasteiger partial charge on any atom is -0.464 e. The molecule has 1 aromatic carbocycles. The van der Waals surface area contributed by atoms with Gasteiger partial charge in [0.25, 0.3) is 6.02 Å². The maximum atomic E-state index is 14.9. The highest BCUT2D eigenvalue weighted by Gasteiger charge is 2.43. The minimum absolute atomic E-state index is 0.0806. The van der Waals surface area contributed by atoms with E-state index in [-0.39, 0.29) is 30.7 Å². The second kappa shape index (κ2) is 8.49. The van der Waals surface area contributed by atoms with Crippen LogP contribution in [0.2, 0.25) is 0 Å². The van der Waals surface area contributed by atoms with Gasteiger partial charge in [-0.05, 0) is 6.07 Å². The Labute approximate surface area is 193 Å². The van der Waals surface area contributed by atoms with E-state index in [2.05, 4.69) is 20.3 Å². The first-order valence-electron chi connectivity index (χ1n) is 10.7. The Kier molecular flexibility index (Phi) is 5.62. The van der Waals surface area contributed by atoms with Crippen LogP contribution >= 0.6 is 0 Å². The molecule has 34 heavy (non-hydrogen) atoms. The van der Waals surface area contributed by atoms with Gasteiger partial charge >= 0.3 is 0 Å². The van der Waals surface area contributed by atoms with Crippen molar-refractivity contribution in [3.05, 3.63) is 47.8 Å². The van der Waals surface area contributed by atoms with Crippen molar-refractivity contribution >= 4 is 22.7 Å². The van der Waals surface area contributed by atoms with E-state index in [0.717, 1.165) is 17.7 Å². The van der Waals surface area contributed by atoms with Crippen LogP contribution in [-0.4, -0.2) is 61.2 Å². The molecule has 5 rings (SSSR count). The Bertz CT molecular complexity index is 1230. The van der Waals surface area contributed by atoms with Crippen LogP contribution < -0.4 is 10.1 Å². The van der Waals surface area contributed by atoms with E-state index >= 15 is 0 Å². The molecule has 0 saturated carbocycles. The topological polar surface area (TPSA) is 110 Å². The van der Waals surface area contributed by atoms with E-state index in [0.29, 0.717) is 30.8 Å². The van der Waals surface area contributed by atoms with Gasteiger partial charge in [0.2, 0.25) is 0 Å². The highest BCUT2D eigenvalue weighted by molar-refractivity contribution is 5.90. The number of amidine groups is 1. The molecule has 3 aromatic rings. The third kappa shape index (κ3) is 3.85. The fraction of sp³-hybridized carbons (Fsp3) is 0.391. The molecule has 2 aromatic heterocycles. The van der Waals surface area contributed by atoms with Gasteiger partial charge in [-0.3, -0.25) is 0 Å². The first-order valence-corrected chi connectivity index (χ1v) is 10.7. The Hall–Kier alpha value is -3.28. The summed E-state index contributed by atoms with van der Waals surface area (Å²) in [5.41, 5.74) is 0.176. The molecule has 1 fully saturated rings. The van der Waals surface area contributed by atoms with Crippen molar-refractivity contribution in [1.29, 1.82) is 0 Å². The molecule has 0 aliphatic carbocycles. The van der Waals surface area contributed by atoms with Crippen LogP contribution in [0.4, 0.5) is 14.5 Å². The van der Waals surface area contributed by atoms with Crippen molar-refractivity contribution in [3.8, 4) is 11.5 Å². The lowest BCUT2D eigenvalue weighted by Crippen LogP contribution is -2.48. The number of hydrogen-bond donors (Lipinski definition) is 3. The molecule has 9 nitrogen and oxygen atoms in total. The molecule has 3 N–H and O–H groups in total. The number of aliphatic hydroxyl groups excluding tert-OH is 1. The number of anilines is 1. The summed E-state index contributed by atoms with van der Waals surface area (Å²) < 4.78 is 52.1. The maximum Gasteiger partial charge on any atom is 0.289 e. The number of nitrogens with one attached hydrogen (secondary N) is 2. The molecule has 0 spiro atoms. The van der Waals surface area contributed by atoms with Crippen LogP contribution in [0.5, 0.6) is 11.5 Å². The monoisotopic (exact) mass is 474 g/mol. The van der Waals surface area contributed by atoms with Gasteiger partial charge in [0, 0.05) is 48.3 Å². The van der Waals surface area contributed by atoms with Crippen LogP contribution in [0.15, 0.2) is 35.6 Å². The van der Waals surface area contributed by atoms with Gasteiger partial charge in [-0.2, -0.15) is 0 Å². The molecule has 11 heteroatoms. The fourth-order valence-corrected chi connectivity index (χ4v) is 3.87. The van der Waals surface area contributed by atoms with E-state index in [1.54, 1.807) is 13.3 Å². The van der Waals surface area contributed by atoms with Gasteiger partial charge in [0.15, 0.2) is 17.4 Å². The maximum absolute atomic E-state index is 14.9. The Morgan fingerprint density at radius 1 is 1.24 bits per heavy atom. The Morgan fingerprint density at radius 2 is 2.00 bits per heavy atom. The second-order valence-corrected chi connectivity index (χ2v) is 8.80. The summed E-state index contributed by atoms with van der Waals surface area (Å²) in [5.74, 6) is -2.14. The van der Waals surface area contributed by atoms with Gasteiger partial charge in [-0.15, -0.1) is 0 Å². The SMILES string of the molecule is COC1(c2c[nH]c3nccc(Oc4c(F)cc(NC5=NC[C@](C)(CO)CO5)cc4F)c23)COC1. The number of aliphatic hydroxyl groups is 1. The van der Waals surface area contributed by atoms with Gasteiger partial charge in [-0.25, -0.2) is 18.8 Å². The van der Waals surface area contributed by atoms with Gasteiger partial charge in [-0.1, -0.05) is 6.92 Å². The van der Waals surface area contributed by atoms with E-state index in [1.165, 1.54) is 12.3 Å². The molecule has 4 heterocycles. The molecule has 0 bridgehead atoms. The summed E-state index contributed by atoms with van der Waals surface area (Å²) in [5, 5.41) is 12.7. The molecular weight excluding hydrogens is 450 g/mol. The number of rotatable bonds is 6. The Balaban J connectivity index is 1.42. The summed E-state index contributed by atoms with van der Waals surface area (Å²) in [4.78, 5) is 11.5. The van der Waals surface area contributed by atoms with E-state index in [4.69, 9.17) is 18.9 Å². The summed E-state index contributed by atoms with van der Waals surface area (Å²) in [6.45, 7) is 2.99. The largest absolute Gasteiger partial charge is 0.464 e. The predicted molar refractivity (Wildman–Crippen MR) is 119 cm³/mol. The zero-order valence-corrected chi connectivity index (χ0v) is 18.7. The van der Waals surface area contributed by atoms with Crippen molar-refractivity contribution in [3.63, 3.8) is 0 Å². The zero-order valence-electron chi connectivity index (χ0n) is 18.7. The number of H-pyrrole nitrogens is 1. The quantitative estimate of drug-likeness (QED) is 0.503. The molecule has 0 unspecified atom stereocenters. The number of fused-ring (bicyclic) bond motifs is 1. The van der Waals surface area contributed by atoms with Crippen molar-refractivity contribution in [2.45, 2.75) is 12.5 Å². The summed E-state index contributed by atoms with van der Waals surface area (Å²) in [7, 11) is 1.58. The first kappa shape index (κ1) is 22.5. The lowest BCUT2D eigenvalue weighted by Gasteiger charge is -2.39. The summed E-state index contributed by atoms with van der Waals surface area (Å²) in [6.07, 6.45) is 3.22. The standard InChI is InChI=1S/C23H24F2N4O5/c1-22(9-30)8-28-21(33-10-22)29-13-5-15(24)19(16(25)6-13)34-17-3-4-26-20-18(17)14(7-27-20)23(31-2)11-32-12-23/h3-7,30H,8-12H2,1-2H3,(H,26,27)(H,28,29)/t22-/m1/s1. The number of nitrogens with zero attached hydrogens (tertiary/aromatic N) is 2. The first-order chi connectivity index (χ1) is 16.4. The van der Waals surface area contributed by atoms with E-state index in [1.807, 2.05) is 6.92 Å². The third-order valence-electron chi connectivity index (χ3n) is 6.09. The third-order valence-corrected chi connectivity index (χ3v) is 6.09. The van der Waals surface area contributed by atoms with Gasteiger partial charge in [0.1, 0.15) is 23.6 Å². The number of aliphatic imine (C=N–C) groups is 1. The van der Waals surface area contributed by atoms with Crippen LogP contribution in [0.25, 0.3) is 11.0 Å². The Morgan fingerprint density at radius 3 is 2.59 bits per heavy atom. The highest BCUT2D eigenvalue weighted by Crippen LogP contribution is 2.42. The van der Waals surface area contributed by atoms with Crippen molar-refractivity contribution in [2.24, 2.45) is 10.4 Å². The highest BCUT2D eigenvalue weighted by atomic mass is 19.1. The second-order valence-electron chi connectivity index (χ2n) is 8.80. The number of methoxy groups -OCH3 is 1. The molecule has 2 aliphatic heterocycles. The van der Waals surface area contributed by atoms with Crippen LogP contribution in [0, 0.1) is 17.0 Å². The van der Waals surface area contributed by atoms with E-state index < -0.39 is 28.4 Å². The predicted octanol–water partition coefficient (Wildman–Crippen LogP) is 3.30. The van der Waals surface area contributed by atoms with E-state index in [9.17, 15) is 13.9 Å². The molecule has 1 atom stereocenters. The smallest absolute Gasteiger partial charge is 0.289 e. The summed E-state index contributed by atoms with van der Waals surface area (Å²) >= 11 is 0. The molecule has 180 valence electrons. The lowest BCUT2D eigenvalue weighted by atomic mass is 9.91. The number of halogens is 2. The molecule has 0 amide bonds. The van der Waals surface area contributed by atoms with Crippen molar-refractivity contribution in [2.75, 3.05) is 45.4 Å². The minimum atomic E-state index is -0.908. The van der Waals surface area contributed by atoms with Gasteiger partial charge in [0.05, 0.1) is 31.8 Å². The van der Waals surface area contributed by atoms with Gasteiger partial charge < -0.3 is 34.4 Å². The molecule has 1 saturated heterocycles. The van der Waals surface area contributed by atoms with Crippen LogP contribution in [0.3, 0.4) is 0 Å². The van der Waals surface area contributed by atoms with Crippen LogP contribution in [-0.2, 0) is 19.8 Å². The number of aromatic amines is 1.